The fourth-order valence-electron chi connectivity index (χ4n) is 5.60. The fraction of sp³-hybridized carbons (Fsp3) is 0.586. The number of nitrogens with zero attached hydrogens (tertiary/aromatic N) is 1. The largest absolute Gasteiger partial charge is 0.419 e. The van der Waals surface area contributed by atoms with Crippen LogP contribution in [-0.4, -0.2) is 24.3 Å². The molecule has 0 amide bonds. The van der Waals surface area contributed by atoms with Crippen LogP contribution in [0, 0.1) is 5.82 Å². The van der Waals surface area contributed by atoms with E-state index in [-0.39, 0.29) is 11.4 Å². The van der Waals surface area contributed by atoms with Crippen molar-refractivity contribution < 1.29 is 23.5 Å². The van der Waals surface area contributed by atoms with E-state index in [9.17, 15) is 14.0 Å². The van der Waals surface area contributed by atoms with E-state index >= 15 is 0 Å². The maximum atomic E-state index is 14.2. The molecule has 3 aliphatic rings. The quantitative estimate of drug-likeness (QED) is 0.175. The number of unbranched alkanes of at least 4 members (excludes halogenated alkanes) is 5. The number of anilines is 1. The van der Waals surface area contributed by atoms with Gasteiger partial charge in [-0.1, -0.05) is 65.4 Å². The number of esters is 2. The number of allylic oxidation sites excluding steroid dienone is 3. The number of halogens is 1. The molecule has 1 saturated heterocycles. The maximum Gasteiger partial charge on any atom is 0.348 e. The lowest BCUT2D eigenvalue weighted by Crippen LogP contribution is -2.47. The van der Waals surface area contributed by atoms with Crippen LogP contribution in [-0.2, 0) is 24.5 Å². The first kappa shape index (κ1) is 25.5. The second kappa shape index (κ2) is 10.5. The van der Waals surface area contributed by atoms with Crippen LogP contribution in [0.15, 0.2) is 41.6 Å². The number of carbonyl (C=O) groups is 2. The Bertz CT molecular complexity index is 998. The van der Waals surface area contributed by atoms with Crippen molar-refractivity contribution >= 4 is 17.6 Å². The lowest BCUT2D eigenvalue weighted by Gasteiger charge is -2.38. The summed E-state index contributed by atoms with van der Waals surface area (Å²) in [7, 11) is 0. The number of fused-ring (bicyclic) bond motifs is 1. The number of hydrogen-bond donors (Lipinski definition) is 0. The van der Waals surface area contributed by atoms with E-state index in [1.165, 1.54) is 37.8 Å². The Morgan fingerprint density at radius 2 is 1.60 bits per heavy atom. The highest BCUT2D eigenvalue weighted by Crippen LogP contribution is 2.48. The number of carbonyl (C=O) groups excluding carboxylic acids is 2. The monoisotopic (exact) mass is 483 g/mol. The molecule has 0 N–H and O–H groups in total. The Hall–Kier alpha value is -2.63. The third-order valence-corrected chi connectivity index (χ3v) is 7.61. The summed E-state index contributed by atoms with van der Waals surface area (Å²) in [6.45, 7) is 7.13. The Labute approximate surface area is 208 Å². The van der Waals surface area contributed by atoms with Gasteiger partial charge < -0.3 is 14.4 Å². The van der Waals surface area contributed by atoms with E-state index in [0.29, 0.717) is 12.8 Å². The lowest BCUT2D eigenvalue weighted by molar-refractivity contribution is -0.244. The third-order valence-electron chi connectivity index (χ3n) is 7.61. The summed E-state index contributed by atoms with van der Waals surface area (Å²) in [6.07, 6.45) is 14.2. The summed E-state index contributed by atoms with van der Waals surface area (Å²) in [5.41, 5.74) is 2.31. The van der Waals surface area contributed by atoms with Crippen molar-refractivity contribution in [3.8, 4) is 0 Å². The molecule has 0 atom stereocenters. The highest BCUT2D eigenvalue weighted by Gasteiger charge is 2.47. The molecule has 1 aromatic carbocycles. The van der Waals surface area contributed by atoms with Gasteiger partial charge in [0.25, 0.3) is 5.79 Å². The molecule has 1 saturated carbocycles. The average Bonchev–Trinajstić information content (AvgIpc) is 3.01. The standard InChI is InChI=1S/C29H38FNO4/c1-4-5-6-7-8-12-19-31-24-20-21(30)13-15-23(24)28(2,3)25(31)16-14-22-26(32)34-29(35-27(22)33)17-10-9-11-18-29/h13-16,20H,4-12,17-19H2,1-3H3. The predicted molar refractivity (Wildman–Crippen MR) is 134 cm³/mol. The fourth-order valence-corrected chi connectivity index (χ4v) is 5.60. The van der Waals surface area contributed by atoms with Gasteiger partial charge in [0.1, 0.15) is 11.4 Å². The summed E-state index contributed by atoms with van der Waals surface area (Å²) in [6, 6.07) is 4.91. The molecule has 1 aromatic rings. The lowest BCUT2D eigenvalue weighted by atomic mass is 9.83. The van der Waals surface area contributed by atoms with Crippen LogP contribution in [0.1, 0.15) is 97.0 Å². The van der Waals surface area contributed by atoms with Crippen molar-refractivity contribution in [3.63, 3.8) is 0 Å². The van der Waals surface area contributed by atoms with Crippen LogP contribution in [0.4, 0.5) is 10.1 Å². The summed E-state index contributed by atoms with van der Waals surface area (Å²) in [4.78, 5) is 27.7. The van der Waals surface area contributed by atoms with Crippen LogP contribution >= 0.6 is 0 Å². The van der Waals surface area contributed by atoms with Gasteiger partial charge in [-0.3, -0.25) is 0 Å². The highest BCUT2D eigenvalue weighted by molar-refractivity contribution is 6.15. The van der Waals surface area contributed by atoms with Crippen LogP contribution in [0.2, 0.25) is 0 Å². The van der Waals surface area contributed by atoms with E-state index in [4.69, 9.17) is 9.47 Å². The molecule has 4 rings (SSSR count). The van der Waals surface area contributed by atoms with Gasteiger partial charge >= 0.3 is 11.9 Å². The van der Waals surface area contributed by atoms with Crippen molar-refractivity contribution in [1.29, 1.82) is 0 Å². The molecule has 0 unspecified atom stereocenters. The first-order valence-electron chi connectivity index (χ1n) is 13.2. The SMILES string of the molecule is CCCCCCCCN1C(=CC=C2C(=O)OC3(CCCCC3)OC2=O)C(C)(C)c2ccc(F)cc21. The second-order valence-electron chi connectivity index (χ2n) is 10.6. The Kier molecular flexibility index (Phi) is 7.67. The molecule has 2 heterocycles. The van der Waals surface area contributed by atoms with Gasteiger partial charge in [-0.05, 0) is 49.1 Å². The molecule has 1 aliphatic carbocycles. The first-order chi connectivity index (χ1) is 16.8. The van der Waals surface area contributed by atoms with E-state index in [1.54, 1.807) is 6.07 Å². The number of ether oxygens (including phenoxy) is 2. The van der Waals surface area contributed by atoms with Crippen molar-refractivity contribution in [2.75, 3.05) is 11.4 Å². The minimum atomic E-state index is -1.10. The molecule has 0 aromatic heterocycles. The first-order valence-corrected chi connectivity index (χ1v) is 13.2. The molecule has 5 nitrogen and oxygen atoms in total. The van der Waals surface area contributed by atoms with Gasteiger partial charge in [-0.15, -0.1) is 0 Å². The van der Waals surface area contributed by atoms with Crippen molar-refractivity contribution in [2.45, 2.75) is 103 Å². The van der Waals surface area contributed by atoms with Crippen LogP contribution < -0.4 is 4.90 Å². The smallest absolute Gasteiger partial charge is 0.348 e. The van der Waals surface area contributed by atoms with Gasteiger partial charge in [0.2, 0.25) is 0 Å². The van der Waals surface area contributed by atoms with Crippen molar-refractivity contribution in [3.05, 3.63) is 53.0 Å². The topological polar surface area (TPSA) is 55.8 Å². The number of benzene rings is 1. The Morgan fingerprint density at radius 1 is 0.943 bits per heavy atom. The molecule has 0 bridgehead atoms. The summed E-state index contributed by atoms with van der Waals surface area (Å²) in [5.74, 6) is -2.62. The second-order valence-corrected chi connectivity index (χ2v) is 10.6. The van der Waals surface area contributed by atoms with Gasteiger partial charge in [0.05, 0.1) is 0 Å². The summed E-state index contributed by atoms with van der Waals surface area (Å²) in [5, 5.41) is 0. The van der Waals surface area contributed by atoms with Crippen LogP contribution in [0.5, 0.6) is 0 Å². The van der Waals surface area contributed by atoms with Gasteiger partial charge in [-0.25, -0.2) is 14.0 Å². The minimum Gasteiger partial charge on any atom is -0.419 e. The normalized spacial score (nSPS) is 21.8. The van der Waals surface area contributed by atoms with E-state index in [2.05, 4.69) is 25.7 Å². The molecule has 2 aliphatic heterocycles. The summed E-state index contributed by atoms with van der Waals surface area (Å²) >= 11 is 0. The van der Waals surface area contributed by atoms with E-state index in [0.717, 1.165) is 55.6 Å². The molecule has 190 valence electrons. The number of rotatable bonds is 8. The number of hydrogen-bond acceptors (Lipinski definition) is 5. The van der Waals surface area contributed by atoms with E-state index in [1.807, 2.05) is 12.1 Å². The molecular formula is C29H38FNO4. The molecule has 0 radical (unpaired) electrons. The summed E-state index contributed by atoms with van der Waals surface area (Å²) < 4.78 is 25.5. The zero-order valence-corrected chi connectivity index (χ0v) is 21.3. The Morgan fingerprint density at radius 3 is 2.29 bits per heavy atom. The maximum absolute atomic E-state index is 14.2. The molecule has 2 fully saturated rings. The minimum absolute atomic E-state index is 0.0915. The zero-order chi connectivity index (χ0) is 25.1. The average molecular weight is 484 g/mol. The molecule has 35 heavy (non-hydrogen) atoms. The predicted octanol–water partition coefficient (Wildman–Crippen LogP) is 6.85. The van der Waals surface area contributed by atoms with E-state index < -0.39 is 23.1 Å². The van der Waals surface area contributed by atoms with Gasteiger partial charge in [0, 0.05) is 36.2 Å². The molecule has 6 heteroatoms. The zero-order valence-electron chi connectivity index (χ0n) is 21.3. The Balaban J connectivity index is 1.58. The van der Waals surface area contributed by atoms with Gasteiger partial charge in [0.15, 0.2) is 0 Å². The van der Waals surface area contributed by atoms with Crippen LogP contribution in [0.3, 0.4) is 0 Å². The highest BCUT2D eigenvalue weighted by atomic mass is 19.1. The van der Waals surface area contributed by atoms with Crippen molar-refractivity contribution in [2.24, 2.45) is 0 Å². The van der Waals surface area contributed by atoms with Gasteiger partial charge in [-0.2, -0.15) is 0 Å². The van der Waals surface area contributed by atoms with Crippen LogP contribution in [0.25, 0.3) is 0 Å². The third kappa shape index (κ3) is 5.31. The molecule has 1 spiro atoms. The molecular weight excluding hydrogens is 445 g/mol. The van der Waals surface area contributed by atoms with Crippen molar-refractivity contribution in [1.82, 2.24) is 0 Å².